The molecular formula is C17H29FIN5O2S. The lowest BCUT2D eigenvalue weighted by molar-refractivity contribution is 0.467. The molecule has 0 amide bonds. The number of nitrogens with zero attached hydrogens (tertiary/aromatic N) is 2. The first-order valence-electron chi connectivity index (χ1n) is 8.87. The lowest BCUT2D eigenvalue weighted by Crippen LogP contribution is -2.51. The molecule has 2 rings (SSSR count). The van der Waals surface area contributed by atoms with E-state index in [4.69, 9.17) is 0 Å². The van der Waals surface area contributed by atoms with Crippen LogP contribution in [-0.2, 0) is 10.0 Å². The Balaban J connectivity index is 0.00000364. The highest BCUT2D eigenvalue weighted by molar-refractivity contribution is 14.0. The predicted octanol–water partition coefficient (Wildman–Crippen LogP) is 1.52. The molecule has 1 aromatic rings. The molecule has 0 aromatic heterocycles. The maximum Gasteiger partial charge on any atom is 0.208 e. The highest BCUT2D eigenvalue weighted by atomic mass is 127. The lowest BCUT2D eigenvalue weighted by atomic mass is 10.0. The molecule has 3 N–H and O–H groups in total. The summed E-state index contributed by atoms with van der Waals surface area (Å²) in [6.45, 7) is 4.96. The Bertz CT molecular complexity index is 717. The van der Waals surface area contributed by atoms with E-state index < -0.39 is 10.0 Å². The van der Waals surface area contributed by atoms with Crippen molar-refractivity contribution in [1.29, 1.82) is 0 Å². The second-order valence-electron chi connectivity index (χ2n) is 6.34. The normalized spacial score (nSPS) is 18.0. The Labute approximate surface area is 178 Å². The van der Waals surface area contributed by atoms with E-state index in [-0.39, 0.29) is 42.4 Å². The van der Waals surface area contributed by atoms with Crippen molar-refractivity contribution in [3.8, 4) is 0 Å². The van der Waals surface area contributed by atoms with Gasteiger partial charge in [0.05, 0.1) is 12.8 Å². The zero-order chi connectivity index (χ0) is 19.0. The van der Waals surface area contributed by atoms with Gasteiger partial charge in [-0.25, -0.2) is 17.5 Å². The van der Waals surface area contributed by atoms with E-state index in [1.807, 2.05) is 13.0 Å². The molecule has 1 unspecified atom stereocenters. The molecule has 1 aliphatic heterocycles. The Morgan fingerprint density at radius 2 is 2.19 bits per heavy atom. The van der Waals surface area contributed by atoms with Gasteiger partial charge in [-0.05, 0) is 38.0 Å². The van der Waals surface area contributed by atoms with Crippen LogP contribution in [0.5, 0.6) is 0 Å². The van der Waals surface area contributed by atoms with E-state index in [1.54, 1.807) is 12.1 Å². The van der Waals surface area contributed by atoms with E-state index in [9.17, 15) is 12.8 Å². The third-order valence-electron chi connectivity index (χ3n) is 4.03. The Morgan fingerprint density at radius 3 is 2.85 bits per heavy atom. The van der Waals surface area contributed by atoms with Gasteiger partial charge >= 0.3 is 0 Å². The summed E-state index contributed by atoms with van der Waals surface area (Å²) in [5, 5.41) is 6.57. The highest BCUT2D eigenvalue weighted by Gasteiger charge is 2.21. The standard InChI is InChI=1S/C17H28FN5O2S.HI/c1-3-19-17(20-9-10-21-26(2,24)25)22-15-7-5-11-23(13-15)16-8-4-6-14(18)12-16;/h4,6,8,12,15,21H,3,5,7,9-11,13H2,1-2H3,(H2,19,20,22);1H. The topological polar surface area (TPSA) is 85.8 Å². The molecule has 0 saturated carbocycles. The van der Waals surface area contributed by atoms with Gasteiger partial charge in [0.25, 0.3) is 0 Å². The summed E-state index contributed by atoms with van der Waals surface area (Å²) in [6.07, 6.45) is 3.13. The van der Waals surface area contributed by atoms with Gasteiger partial charge in [-0.2, -0.15) is 0 Å². The first kappa shape index (κ1) is 23.9. The number of guanidine groups is 1. The molecule has 154 valence electrons. The second kappa shape index (κ2) is 11.6. The highest BCUT2D eigenvalue weighted by Crippen LogP contribution is 2.20. The number of benzene rings is 1. The van der Waals surface area contributed by atoms with Crippen molar-refractivity contribution in [2.24, 2.45) is 4.99 Å². The average molecular weight is 513 g/mol. The molecule has 0 aliphatic carbocycles. The number of piperidine rings is 1. The van der Waals surface area contributed by atoms with Gasteiger partial charge in [0.1, 0.15) is 5.82 Å². The van der Waals surface area contributed by atoms with Crippen LogP contribution in [0.15, 0.2) is 29.3 Å². The Kier molecular flexibility index (Phi) is 10.3. The summed E-state index contributed by atoms with van der Waals surface area (Å²) in [7, 11) is -3.20. The Hall–Kier alpha value is -1.14. The fourth-order valence-corrected chi connectivity index (χ4v) is 3.38. The average Bonchev–Trinajstić information content (AvgIpc) is 2.58. The van der Waals surface area contributed by atoms with Crippen LogP contribution in [-0.4, -0.2) is 59.4 Å². The monoisotopic (exact) mass is 513 g/mol. The van der Waals surface area contributed by atoms with Crippen LogP contribution in [0.4, 0.5) is 10.1 Å². The zero-order valence-corrected chi connectivity index (χ0v) is 18.9. The first-order chi connectivity index (χ1) is 12.4. The van der Waals surface area contributed by atoms with Crippen LogP contribution in [0.3, 0.4) is 0 Å². The van der Waals surface area contributed by atoms with Gasteiger partial charge < -0.3 is 15.5 Å². The number of anilines is 1. The van der Waals surface area contributed by atoms with E-state index in [2.05, 4.69) is 25.2 Å². The van der Waals surface area contributed by atoms with Crippen LogP contribution < -0.4 is 20.3 Å². The van der Waals surface area contributed by atoms with Crippen molar-refractivity contribution < 1.29 is 12.8 Å². The molecule has 0 radical (unpaired) electrons. The lowest BCUT2D eigenvalue weighted by Gasteiger charge is -2.35. The molecule has 1 aliphatic rings. The van der Waals surface area contributed by atoms with E-state index in [0.717, 1.165) is 37.9 Å². The number of aliphatic imine (C=N–C) groups is 1. The van der Waals surface area contributed by atoms with Crippen molar-refractivity contribution in [1.82, 2.24) is 15.4 Å². The SMILES string of the molecule is CCNC(=NCCNS(C)(=O)=O)NC1CCCN(c2cccc(F)c2)C1.I. The van der Waals surface area contributed by atoms with E-state index in [0.29, 0.717) is 19.0 Å². The molecule has 0 bridgehead atoms. The van der Waals surface area contributed by atoms with Crippen molar-refractivity contribution in [3.63, 3.8) is 0 Å². The quantitative estimate of drug-likeness (QED) is 0.223. The predicted molar refractivity (Wildman–Crippen MR) is 119 cm³/mol. The van der Waals surface area contributed by atoms with Crippen LogP contribution in [0, 0.1) is 5.82 Å². The Morgan fingerprint density at radius 1 is 1.41 bits per heavy atom. The summed E-state index contributed by atoms with van der Waals surface area (Å²) >= 11 is 0. The van der Waals surface area contributed by atoms with Crippen LogP contribution >= 0.6 is 24.0 Å². The molecule has 1 saturated heterocycles. The minimum Gasteiger partial charge on any atom is -0.369 e. The number of hydrogen-bond acceptors (Lipinski definition) is 4. The van der Waals surface area contributed by atoms with Gasteiger partial charge in [-0.3, -0.25) is 4.99 Å². The molecule has 1 heterocycles. The molecule has 10 heteroatoms. The number of halogens is 2. The first-order valence-corrected chi connectivity index (χ1v) is 10.8. The zero-order valence-electron chi connectivity index (χ0n) is 15.7. The van der Waals surface area contributed by atoms with Crippen molar-refractivity contribution >= 4 is 45.6 Å². The molecule has 0 spiro atoms. The summed E-state index contributed by atoms with van der Waals surface area (Å²) in [5.74, 6) is 0.430. The van der Waals surface area contributed by atoms with Gasteiger partial charge in [-0.15, -0.1) is 24.0 Å². The molecule has 27 heavy (non-hydrogen) atoms. The van der Waals surface area contributed by atoms with Gasteiger partial charge in [0, 0.05) is 37.9 Å². The van der Waals surface area contributed by atoms with Crippen molar-refractivity contribution in [2.75, 3.05) is 43.9 Å². The third-order valence-corrected chi connectivity index (χ3v) is 4.75. The van der Waals surface area contributed by atoms with Gasteiger partial charge in [0.15, 0.2) is 5.96 Å². The molecule has 7 nitrogen and oxygen atoms in total. The van der Waals surface area contributed by atoms with Crippen LogP contribution in [0.1, 0.15) is 19.8 Å². The fourth-order valence-electron chi connectivity index (χ4n) is 2.91. The summed E-state index contributed by atoms with van der Waals surface area (Å²) in [5.41, 5.74) is 0.885. The molecular weight excluding hydrogens is 484 g/mol. The van der Waals surface area contributed by atoms with Crippen molar-refractivity contribution in [2.45, 2.75) is 25.8 Å². The number of hydrogen-bond donors (Lipinski definition) is 3. The number of rotatable bonds is 7. The number of sulfonamides is 1. The third kappa shape index (κ3) is 9.06. The summed E-state index contributed by atoms with van der Waals surface area (Å²) < 4.78 is 38.1. The molecule has 1 aromatic carbocycles. The maximum absolute atomic E-state index is 13.5. The summed E-state index contributed by atoms with van der Waals surface area (Å²) in [6, 6.07) is 6.83. The number of nitrogens with one attached hydrogen (secondary N) is 3. The largest absolute Gasteiger partial charge is 0.369 e. The van der Waals surface area contributed by atoms with Gasteiger partial charge in [-0.1, -0.05) is 6.07 Å². The molecule has 1 fully saturated rings. The van der Waals surface area contributed by atoms with Crippen LogP contribution in [0.2, 0.25) is 0 Å². The van der Waals surface area contributed by atoms with E-state index in [1.165, 1.54) is 6.07 Å². The van der Waals surface area contributed by atoms with Crippen LogP contribution in [0.25, 0.3) is 0 Å². The molecule has 1 atom stereocenters. The van der Waals surface area contributed by atoms with Crippen molar-refractivity contribution in [3.05, 3.63) is 30.1 Å². The second-order valence-corrected chi connectivity index (χ2v) is 8.17. The summed E-state index contributed by atoms with van der Waals surface area (Å²) in [4.78, 5) is 6.58. The smallest absolute Gasteiger partial charge is 0.208 e. The fraction of sp³-hybridized carbons (Fsp3) is 0.588. The minimum atomic E-state index is -3.20. The van der Waals surface area contributed by atoms with E-state index >= 15 is 0 Å². The maximum atomic E-state index is 13.5. The van der Waals surface area contributed by atoms with Gasteiger partial charge in [0.2, 0.25) is 10.0 Å². The minimum absolute atomic E-state index is 0.